The van der Waals surface area contributed by atoms with Crippen LogP contribution in [0.1, 0.15) is 21.7 Å². The largest absolute Gasteiger partial charge is 0.488 e. The smallest absolute Gasteiger partial charge is 0.307 e. The van der Waals surface area contributed by atoms with Gasteiger partial charge >= 0.3 is 5.91 Å². The number of carbonyl (C=O) groups excluding carboxylic acids is 1. The average molecular weight is 420 g/mol. The van der Waals surface area contributed by atoms with Crippen molar-refractivity contribution in [1.29, 1.82) is 0 Å². The van der Waals surface area contributed by atoms with E-state index in [0.717, 1.165) is 16.5 Å². The molecule has 0 fully saturated rings. The molecule has 1 N–H and O–H groups in total. The van der Waals surface area contributed by atoms with Crippen LogP contribution >= 0.6 is 0 Å². The SMILES string of the molecule is O=C(NN=Cc1ccccc1OCc1cccc2ccccc12)c1cc2ccccc2o1. The lowest BCUT2D eigenvalue weighted by Crippen LogP contribution is -2.16. The van der Waals surface area contributed by atoms with Gasteiger partial charge in [0.1, 0.15) is 17.9 Å². The zero-order valence-electron chi connectivity index (χ0n) is 17.2. The first-order valence-electron chi connectivity index (χ1n) is 10.3. The number of para-hydroxylation sites is 2. The molecule has 32 heavy (non-hydrogen) atoms. The van der Waals surface area contributed by atoms with Crippen molar-refractivity contribution in [3.05, 3.63) is 114 Å². The maximum atomic E-state index is 12.4. The van der Waals surface area contributed by atoms with Crippen LogP contribution in [0.5, 0.6) is 5.75 Å². The molecule has 0 bridgehead atoms. The lowest BCUT2D eigenvalue weighted by molar-refractivity contribution is 0.0929. The highest BCUT2D eigenvalue weighted by molar-refractivity contribution is 5.96. The van der Waals surface area contributed by atoms with Crippen molar-refractivity contribution in [2.75, 3.05) is 0 Å². The molecular weight excluding hydrogens is 400 g/mol. The summed E-state index contributed by atoms with van der Waals surface area (Å²) in [5.41, 5.74) is 5.04. The maximum absolute atomic E-state index is 12.4. The van der Waals surface area contributed by atoms with Gasteiger partial charge in [0, 0.05) is 10.9 Å². The number of ether oxygens (including phenoxy) is 1. The lowest BCUT2D eigenvalue weighted by Gasteiger charge is -2.11. The van der Waals surface area contributed by atoms with Crippen LogP contribution in [0.3, 0.4) is 0 Å². The van der Waals surface area contributed by atoms with Crippen LogP contribution in [0.15, 0.2) is 107 Å². The van der Waals surface area contributed by atoms with E-state index < -0.39 is 5.91 Å². The summed E-state index contributed by atoms with van der Waals surface area (Å²) in [6.07, 6.45) is 1.57. The van der Waals surface area contributed by atoms with Gasteiger partial charge in [-0.2, -0.15) is 5.10 Å². The number of amides is 1. The number of benzene rings is 4. The number of hydrazone groups is 1. The van der Waals surface area contributed by atoms with Crippen LogP contribution in [-0.2, 0) is 6.61 Å². The second-order valence-corrected chi connectivity index (χ2v) is 7.31. The second kappa shape index (κ2) is 8.78. The minimum Gasteiger partial charge on any atom is -0.488 e. The van der Waals surface area contributed by atoms with E-state index in [2.05, 4.69) is 34.8 Å². The van der Waals surface area contributed by atoms with E-state index in [9.17, 15) is 4.79 Å². The molecule has 5 aromatic rings. The summed E-state index contributed by atoms with van der Waals surface area (Å²) in [5, 5.41) is 7.30. The molecule has 0 saturated heterocycles. The Morgan fingerprint density at radius 3 is 2.53 bits per heavy atom. The van der Waals surface area contributed by atoms with Crippen LogP contribution in [-0.4, -0.2) is 12.1 Å². The molecule has 1 heterocycles. The Morgan fingerprint density at radius 2 is 1.62 bits per heavy atom. The summed E-state index contributed by atoms with van der Waals surface area (Å²) < 4.78 is 11.7. The van der Waals surface area contributed by atoms with Gasteiger partial charge in [-0.05, 0) is 40.6 Å². The van der Waals surface area contributed by atoms with Gasteiger partial charge in [-0.1, -0.05) is 72.8 Å². The first kappa shape index (κ1) is 19.6. The molecule has 0 radical (unpaired) electrons. The molecule has 0 atom stereocenters. The maximum Gasteiger partial charge on any atom is 0.307 e. The summed E-state index contributed by atoms with van der Waals surface area (Å²) in [4.78, 5) is 12.4. The summed E-state index contributed by atoms with van der Waals surface area (Å²) in [6, 6.07) is 31.1. The van der Waals surface area contributed by atoms with Gasteiger partial charge in [0.2, 0.25) is 0 Å². The topological polar surface area (TPSA) is 63.8 Å². The Bertz CT molecular complexity index is 1400. The van der Waals surface area contributed by atoms with Crippen molar-refractivity contribution in [2.24, 2.45) is 5.10 Å². The highest BCUT2D eigenvalue weighted by atomic mass is 16.5. The van der Waals surface area contributed by atoms with Crippen molar-refractivity contribution in [3.8, 4) is 5.75 Å². The molecule has 1 aromatic heterocycles. The molecule has 5 nitrogen and oxygen atoms in total. The van der Waals surface area contributed by atoms with Crippen molar-refractivity contribution < 1.29 is 13.9 Å². The fourth-order valence-corrected chi connectivity index (χ4v) is 3.60. The predicted molar refractivity (Wildman–Crippen MR) is 126 cm³/mol. The van der Waals surface area contributed by atoms with Crippen LogP contribution in [0, 0.1) is 0 Å². The first-order valence-corrected chi connectivity index (χ1v) is 10.3. The van der Waals surface area contributed by atoms with Gasteiger partial charge in [0.25, 0.3) is 0 Å². The fraction of sp³-hybridized carbons (Fsp3) is 0.0370. The zero-order valence-corrected chi connectivity index (χ0v) is 17.2. The Morgan fingerprint density at radius 1 is 0.875 bits per heavy atom. The molecule has 0 unspecified atom stereocenters. The Balaban J connectivity index is 1.29. The number of nitrogens with zero attached hydrogens (tertiary/aromatic N) is 1. The van der Waals surface area contributed by atoms with Crippen molar-refractivity contribution in [2.45, 2.75) is 6.61 Å². The van der Waals surface area contributed by atoms with E-state index in [0.29, 0.717) is 17.9 Å². The molecule has 0 aliphatic heterocycles. The van der Waals surface area contributed by atoms with Gasteiger partial charge in [-0.3, -0.25) is 4.79 Å². The lowest BCUT2D eigenvalue weighted by atomic mass is 10.1. The van der Waals surface area contributed by atoms with Crippen LogP contribution in [0.2, 0.25) is 0 Å². The third-order valence-corrected chi connectivity index (χ3v) is 5.20. The minimum atomic E-state index is -0.411. The average Bonchev–Trinajstić information content (AvgIpc) is 3.28. The van der Waals surface area contributed by atoms with Crippen LogP contribution in [0.25, 0.3) is 21.7 Å². The molecule has 156 valence electrons. The quantitative estimate of drug-likeness (QED) is 0.274. The highest BCUT2D eigenvalue weighted by Crippen LogP contribution is 2.22. The Labute approximate surface area is 184 Å². The minimum absolute atomic E-state index is 0.212. The van der Waals surface area contributed by atoms with E-state index >= 15 is 0 Å². The molecule has 5 rings (SSSR count). The monoisotopic (exact) mass is 420 g/mol. The molecule has 1 amide bonds. The summed E-state index contributed by atoms with van der Waals surface area (Å²) in [5.74, 6) is 0.484. The van der Waals surface area contributed by atoms with Gasteiger partial charge in [-0.15, -0.1) is 0 Å². The predicted octanol–water partition coefficient (Wildman–Crippen LogP) is 5.93. The van der Waals surface area contributed by atoms with Gasteiger partial charge in [0.05, 0.1) is 6.21 Å². The second-order valence-electron chi connectivity index (χ2n) is 7.31. The highest BCUT2D eigenvalue weighted by Gasteiger charge is 2.11. The van der Waals surface area contributed by atoms with Crippen molar-refractivity contribution >= 4 is 33.9 Å². The molecule has 0 aliphatic carbocycles. The summed E-state index contributed by atoms with van der Waals surface area (Å²) in [7, 11) is 0. The van der Waals surface area contributed by atoms with E-state index in [1.54, 1.807) is 12.3 Å². The summed E-state index contributed by atoms with van der Waals surface area (Å²) >= 11 is 0. The normalized spacial score (nSPS) is 11.2. The third kappa shape index (κ3) is 4.09. The van der Waals surface area contributed by atoms with Crippen molar-refractivity contribution in [3.63, 3.8) is 0 Å². The number of carbonyl (C=O) groups is 1. The molecule has 0 saturated carbocycles. The number of nitrogens with one attached hydrogen (secondary N) is 1. The van der Waals surface area contributed by atoms with Crippen LogP contribution in [0.4, 0.5) is 0 Å². The number of rotatable bonds is 6. The number of hydrogen-bond acceptors (Lipinski definition) is 4. The fourth-order valence-electron chi connectivity index (χ4n) is 3.60. The first-order chi connectivity index (χ1) is 15.8. The van der Waals surface area contributed by atoms with Gasteiger partial charge in [-0.25, -0.2) is 5.43 Å². The number of furan rings is 1. The van der Waals surface area contributed by atoms with Crippen molar-refractivity contribution in [1.82, 2.24) is 5.43 Å². The third-order valence-electron chi connectivity index (χ3n) is 5.20. The molecular formula is C27H20N2O3. The van der Waals surface area contributed by atoms with Gasteiger partial charge < -0.3 is 9.15 Å². The van der Waals surface area contributed by atoms with Gasteiger partial charge in [0.15, 0.2) is 5.76 Å². The molecule has 5 heteroatoms. The molecule has 4 aromatic carbocycles. The van der Waals surface area contributed by atoms with E-state index in [1.807, 2.05) is 66.7 Å². The molecule has 0 spiro atoms. The Kier molecular flexibility index (Phi) is 5.37. The number of fused-ring (bicyclic) bond motifs is 2. The van der Waals surface area contributed by atoms with E-state index in [1.165, 1.54) is 10.8 Å². The van der Waals surface area contributed by atoms with Crippen LogP contribution < -0.4 is 10.2 Å². The Hall–Kier alpha value is -4.38. The summed E-state index contributed by atoms with van der Waals surface area (Å²) in [6.45, 7) is 0.428. The molecule has 0 aliphatic rings. The standard InChI is InChI=1S/C27H20N2O3/c30-27(26-16-20-9-2-6-15-25(20)32-26)29-28-17-21-10-3-5-14-24(21)31-18-22-12-7-11-19-8-1-4-13-23(19)22/h1-17H,18H2,(H,29,30). The van der Waals surface area contributed by atoms with E-state index in [-0.39, 0.29) is 5.76 Å². The zero-order chi connectivity index (χ0) is 21.8. The van der Waals surface area contributed by atoms with E-state index in [4.69, 9.17) is 9.15 Å². The number of hydrogen-bond donors (Lipinski definition) is 1.